The number of rotatable bonds is 21. The van der Waals surface area contributed by atoms with Crippen LogP contribution in [0.25, 0.3) is 0 Å². The lowest BCUT2D eigenvalue weighted by molar-refractivity contribution is -0.153. The van der Waals surface area contributed by atoms with Crippen molar-refractivity contribution in [3.63, 3.8) is 0 Å². The quantitative estimate of drug-likeness (QED) is 0.128. The highest BCUT2D eigenvalue weighted by Gasteiger charge is 2.24. The molecule has 8 nitrogen and oxygen atoms in total. The summed E-state index contributed by atoms with van der Waals surface area (Å²) in [4.78, 5) is 36.2. The average molecular weight is 472 g/mol. The van der Waals surface area contributed by atoms with E-state index in [4.69, 9.17) is 20.9 Å². The van der Waals surface area contributed by atoms with Crippen LogP contribution < -0.4 is 16.8 Å². The van der Waals surface area contributed by atoms with Crippen molar-refractivity contribution in [2.24, 2.45) is 11.5 Å². The number of carbonyl (C=O) groups excluding carboxylic acids is 3. The Labute approximate surface area is 200 Å². The van der Waals surface area contributed by atoms with Crippen molar-refractivity contribution in [1.82, 2.24) is 5.32 Å². The maximum absolute atomic E-state index is 12.3. The number of nitrogens with two attached hydrogens (primary N) is 2. The van der Waals surface area contributed by atoms with Crippen LogP contribution in [0.3, 0.4) is 0 Å². The van der Waals surface area contributed by atoms with E-state index in [-0.39, 0.29) is 18.7 Å². The summed E-state index contributed by atoms with van der Waals surface area (Å²) in [5, 5.41) is 2.67. The van der Waals surface area contributed by atoms with Gasteiger partial charge in [0.2, 0.25) is 5.91 Å². The molecule has 2 unspecified atom stereocenters. The number of hydrogen-bond acceptors (Lipinski definition) is 7. The van der Waals surface area contributed by atoms with Gasteiger partial charge in [-0.25, -0.2) is 4.79 Å². The van der Waals surface area contributed by atoms with Crippen LogP contribution in [0.15, 0.2) is 0 Å². The molecule has 5 N–H and O–H groups in total. The van der Waals surface area contributed by atoms with E-state index >= 15 is 0 Å². The van der Waals surface area contributed by atoms with Gasteiger partial charge in [-0.3, -0.25) is 21.1 Å². The Kier molecular flexibility index (Phi) is 19.8. The van der Waals surface area contributed by atoms with Gasteiger partial charge in [0.15, 0.2) is 0 Å². The lowest BCUT2D eigenvalue weighted by Crippen LogP contribution is -2.44. The highest BCUT2D eigenvalue weighted by molar-refractivity contribution is 5.85. The van der Waals surface area contributed by atoms with Crippen LogP contribution in [0.1, 0.15) is 124 Å². The Morgan fingerprint density at radius 2 is 1.15 bits per heavy atom. The van der Waals surface area contributed by atoms with Crippen LogP contribution in [0.5, 0.6) is 0 Å². The van der Waals surface area contributed by atoms with Gasteiger partial charge in [-0.2, -0.15) is 0 Å². The zero-order valence-electron chi connectivity index (χ0n) is 21.2. The minimum Gasteiger partial charge on any atom is -0.447 e. The molecular weight excluding hydrogens is 422 g/mol. The fourth-order valence-electron chi connectivity index (χ4n) is 3.61. The van der Waals surface area contributed by atoms with Crippen LogP contribution >= 0.6 is 0 Å². The summed E-state index contributed by atoms with van der Waals surface area (Å²) in [5.74, 6) is -1.42. The highest BCUT2D eigenvalue weighted by atomic mass is 16.6. The molecule has 0 radical (unpaired) electrons. The number of carbonyl (C=O) groups is 3. The van der Waals surface area contributed by atoms with E-state index in [0.717, 1.165) is 19.3 Å². The fourth-order valence-corrected chi connectivity index (χ4v) is 3.61. The number of unbranched alkanes of at least 4 members (excludes halogenated alkanes) is 12. The van der Waals surface area contributed by atoms with Gasteiger partial charge in [0, 0.05) is 12.8 Å². The molecule has 0 aromatic carbocycles. The molecule has 0 bridgehead atoms. The lowest BCUT2D eigenvalue weighted by atomic mass is 10.0. The summed E-state index contributed by atoms with van der Waals surface area (Å²) in [6, 6.07) is -0.939. The molecule has 8 heteroatoms. The summed E-state index contributed by atoms with van der Waals surface area (Å²) in [6.45, 7) is 5.31. The van der Waals surface area contributed by atoms with E-state index in [1.54, 1.807) is 0 Å². The molecule has 0 aliphatic carbocycles. The second-order valence-electron chi connectivity index (χ2n) is 8.99. The molecule has 0 saturated carbocycles. The maximum atomic E-state index is 12.3. The van der Waals surface area contributed by atoms with Crippen molar-refractivity contribution in [2.45, 2.75) is 142 Å². The van der Waals surface area contributed by atoms with Crippen molar-refractivity contribution in [3.05, 3.63) is 0 Å². The predicted octanol–water partition coefficient (Wildman–Crippen LogP) is 4.43. The number of nitrogens with one attached hydrogen (secondary N) is 1. The van der Waals surface area contributed by atoms with E-state index in [0.29, 0.717) is 6.42 Å². The van der Waals surface area contributed by atoms with Crippen molar-refractivity contribution >= 4 is 17.8 Å². The largest absolute Gasteiger partial charge is 0.447 e. The van der Waals surface area contributed by atoms with Crippen LogP contribution in [-0.2, 0) is 23.9 Å². The van der Waals surface area contributed by atoms with Gasteiger partial charge in [0.05, 0.1) is 0 Å². The van der Waals surface area contributed by atoms with Crippen molar-refractivity contribution in [3.8, 4) is 0 Å². The molecule has 0 spiro atoms. The SMILES string of the molecule is CCCCCCCCCCCCCCCC(=O)N[C@@H](CCC(=O)OC(C)N)C(=O)OC(C)N. The highest BCUT2D eigenvalue weighted by Crippen LogP contribution is 2.13. The molecule has 0 heterocycles. The molecule has 0 fully saturated rings. The molecular formula is C25H49N3O5. The van der Waals surface area contributed by atoms with E-state index in [9.17, 15) is 14.4 Å². The molecule has 0 aromatic heterocycles. The normalized spacial score (nSPS) is 13.7. The monoisotopic (exact) mass is 471 g/mol. The summed E-state index contributed by atoms with van der Waals surface area (Å²) in [6.07, 6.45) is 14.9. The molecule has 0 aromatic rings. The Morgan fingerprint density at radius 1 is 0.697 bits per heavy atom. The standard InChI is InChI=1S/C25H49N3O5/c1-4-5-6-7-8-9-10-11-12-13-14-15-16-17-23(29)28-22(25(31)33-21(3)27)18-19-24(30)32-20(2)26/h20-22H,4-19,26-27H2,1-3H3,(H,28,29)/t20?,21?,22-/m0/s1. The first-order valence-corrected chi connectivity index (χ1v) is 13.0. The molecule has 0 rings (SSSR count). The number of ether oxygens (including phenoxy) is 2. The molecule has 194 valence electrons. The van der Waals surface area contributed by atoms with Gasteiger partial charge in [-0.15, -0.1) is 0 Å². The lowest BCUT2D eigenvalue weighted by Gasteiger charge is -2.19. The van der Waals surface area contributed by atoms with Crippen LogP contribution in [-0.4, -0.2) is 36.3 Å². The van der Waals surface area contributed by atoms with E-state index in [1.807, 2.05) is 0 Å². The summed E-state index contributed by atoms with van der Waals surface area (Å²) >= 11 is 0. The molecule has 0 saturated heterocycles. The smallest absolute Gasteiger partial charge is 0.330 e. The van der Waals surface area contributed by atoms with Gasteiger partial charge in [0.1, 0.15) is 18.5 Å². The topological polar surface area (TPSA) is 134 Å². The zero-order chi connectivity index (χ0) is 24.9. The summed E-state index contributed by atoms with van der Waals surface area (Å²) in [7, 11) is 0. The Balaban J connectivity index is 3.99. The molecule has 0 aliphatic rings. The molecule has 3 atom stereocenters. The first kappa shape index (κ1) is 31.3. The fraction of sp³-hybridized carbons (Fsp3) is 0.880. The number of esters is 2. The van der Waals surface area contributed by atoms with Gasteiger partial charge >= 0.3 is 11.9 Å². The Morgan fingerprint density at radius 3 is 1.61 bits per heavy atom. The zero-order valence-corrected chi connectivity index (χ0v) is 21.2. The second kappa shape index (κ2) is 20.9. The van der Waals surface area contributed by atoms with Crippen molar-refractivity contribution in [2.75, 3.05) is 0 Å². The van der Waals surface area contributed by atoms with Crippen LogP contribution in [0, 0.1) is 0 Å². The van der Waals surface area contributed by atoms with E-state index < -0.39 is 30.4 Å². The average Bonchev–Trinajstić information content (AvgIpc) is 2.73. The second-order valence-corrected chi connectivity index (χ2v) is 8.99. The van der Waals surface area contributed by atoms with Crippen LogP contribution in [0.4, 0.5) is 0 Å². The minimum absolute atomic E-state index is 0.0563. The molecule has 1 amide bonds. The third-order valence-corrected chi connectivity index (χ3v) is 5.38. The van der Waals surface area contributed by atoms with E-state index in [1.165, 1.54) is 78.1 Å². The maximum Gasteiger partial charge on any atom is 0.330 e. The summed E-state index contributed by atoms with van der Waals surface area (Å²) in [5.41, 5.74) is 10.9. The number of amides is 1. The van der Waals surface area contributed by atoms with Crippen LogP contribution in [0.2, 0.25) is 0 Å². The number of hydrogen-bond donors (Lipinski definition) is 3. The molecule has 0 aliphatic heterocycles. The Hall–Kier alpha value is -1.67. The van der Waals surface area contributed by atoms with Gasteiger partial charge in [-0.05, 0) is 26.7 Å². The van der Waals surface area contributed by atoms with Crippen molar-refractivity contribution < 1.29 is 23.9 Å². The van der Waals surface area contributed by atoms with Crippen molar-refractivity contribution in [1.29, 1.82) is 0 Å². The van der Waals surface area contributed by atoms with Gasteiger partial charge < -0.3 is 14.8 Å². The third-order valence-electron chi connectivity index (χ3n) is 5.38. The third kappa shape index (κ3) is 20.7. The Bertz CT molecular complexity index is 526. The first-order valence-electron chi connectivity index (χ1n) is 13.0. The predicted molar refractivity (Wildman–Crippen MR) is 131 cm³/mol. The first-order chi connectivity index (χ1) is 15.8. The minimum atomic E-state index is -0.939. The van der Waals surface area contributed by atoms with Gasteiger partial charge in [-0.1, -0.05) is 84.0 Å². The van der Waals surface area contributed by atoms with E-state index in [2.05, 4.69) is 12.2 Å². The summed E-state index contributed by atoms with van der Waals surface area (Å²) < 4.78 is 9.86. The molecule has 33 heavy (non-hydrogen) atoms. The van der Waals surface area contributed by atoms with Gasteiger partial charge in [0.25, 0.3) is 0 Å².